The van der Waals surface area contributed by atoms with E-state index in [0.29, 0.717) is 11.8 Å². The summed E-state index contributed by atoms with van der Waals surface area (Å²) in [5.74, 6) is 1.93. The zero-order valence-corrected chi connectivity index (χ0v) is 13.6. The predicted octanol–water partition coefficient (Wildman–Crippen LogP) is 4.56. The number of anilines is 1. The van der Waals surface area contributed by atoms with E-state index in [-0.39, 0.29) is 0 Å². The smallest absolute Gasteiger partial charge is 0.232 e. The maximum Gasteiger partial charge on any atom is 0.232 e. The molecular weight excluding hydrogens is 302 g/mol. The molecule has 0 radical (unpaired) electrons. The monoisotopic (exact) mass is 317 g/mol. The summed E-state index contributed by atoms with van der Waals surface area (Å²) in [6, 6.07) is 10.0. The maximum absolute atomic E-state index is 5.95. The zero-order valence-electron chi connectivity index (χ0n) is 12.0. The van der Waals surface area contributed by atoms with Crippen LogP contribution in [0.25, 0.3) is 10.2 Å². The third-order valence-electron chi connectivity index (χ3n) is 2.98. The molecule has 1 aromatic carbocycles. The van der Waals surface area contributed by atoms with Gasteiger partial charge in [-0.05, 0) is 43.5 Å². The molecular formula is C15H15N3OS2. The van der Waals surface area contributed by atoms with E-state index in [1.807, 2.05) is 24.3 Å². The predicted molar refractivity (Wildman–Crippen MR) is 90.0 cm³/mol. The summed E-state index contributed by atoms with van der Waals surface area (Å²) in [5, 5.41) is 3.92. The third-order valence-corrected chi connectivity index (χ3v) is 4.67. The van der Waals surface area contributed by atoms with Gasteiger partial charge in [0.05, 0.1) is 5.39 Å². The van der Waals surface area contributed by atoms with Crippen LogP contribution in [-0.4, -0.2) is 23.3 Å². The van der Waals surface area contributed by atoms with Crippen LogP contribution < -0.4 is 10.1 Å². The highest BCUT2D eigenvalue weighted by atomic mass is 32.2. The number of hydrogen-bond donors (Lipinski definition) is 1. The molecule has 6 heteroatoms. The molecule has 0 saturated carbocycles. The maximum atomic E-state index is 5.95. The van der Waals surface area contributed by atoms with Gasteiger partial charge in [0.2, 0.25) is 11.8 Å². The number of nitrogens with one attached hydrogen (secondary N) is 1. The van der Waals surface area contributed by atoms with Crippen molar-refractivity contribution in [1.29, 1.82) is 0 Å². The summed E-state index contributed by atoms with van der Waals surface area (Å²) < 4.78 is 5.95. The molecule has 0 atom stereocenters. The summed E-state index contributed by atoms with van der Waals surface area (Å²) in [5.41, 5.74) is 0. The molecule has 0 spiro atoms. The van der Waals surface area contributed by atoms with Gasteiger partial charge >= 0.3 is 0 Å². The average Bonchev–Trinajstić information content (AvgIpc) is 2.88. The van der Waals surface area contributed by atoms with Crippen molar-refractivity contribution in [2.75, 3.05) is 18.6 Å². The van der Waals surface area contributed by atoms with E-state index in [0.717, 1.165) is 16.0 Å². The van der Waals surface area contributed by atoms with E-state index in [1.54, 1.807) is 30.1 Å². The summed E-state index contributed by atoms with van der Waals surface area (Å²) in [6.45, 7) is 2.06. The first-order valence-corrected chi connectivity index (χ1v) is 8.51. The minimum atomic E-state index is 0.570. The van der Waals surface area contributed by atoms with Crippen molar-refractivity contribution < 1.29 is 4.74 Å². The fraction of sp³-hybridized carbons (Fsp3) is 0.200. The van der Waals surface area contributed by atoms with Gasteiger partial charge in [-0.25, -0.2) is 4.98 Å². The van der Waals surface area contributed by atoms with E-state index in [9.17, 15) is 0 Å². The number of nitrogens with zero attached hydrogens (tertiary/aromatic N) is 2. The number of aromatic nitrogens is 2. The Balaban J connectivity index is 2.01. The second-order valence-corrected chi connectivity index (χ2v) is 6.57. The molecule has 0 amide bonds. The lowest BCUT2D eigenvalue weighted by Crippen LogP contribution is -1.98. The molecule has 2 aromatic heterocycles. The average molecular weight is 317 g/mol. The Morgan fingerprint density at radius 3 is 2.62 bits per heavy atom. The van der Waals surface area contributed by atoms with Gasteiger partial charge in [0.25, 0.3) is 0 Å². The molecule has 3 aromatic rings. The van der Waals surface area contributed by atoms with Gasteiger partial charge in [-0.3, -0.25) is 0 Å². The molecule has 1 N–H and O–H groups in total. The first kappa shape index (κ1) is 14.2. The molecule has 21 heavy (non-hydrogen) atoms. The molecule has 2 heterocycles. The standard InChI is InChI=1S/C15H15N3OS2/c1-9-8-12-13(17-15(16-2)18-14(12)21-9)19-10-4-6-11(20-3)7-5-10/h4-8H,1-3H3,(H,16,17,18). The lowest BCUT2D eigenvalue weighted by atomic mass is 10.3. The largest absolute Gasteiger partial charge is 0.438 e. The number of rotatable bonds is 4. The highest BCUT2D eigenvalue weighted by molar-refractivity contribution is 7.98. The zero-order chi connectivity index (χ0) is 14.8. The van der Waals surface area contributed by atoms with Crippen LogP contribution in [-0.2, 0) is 0 Å². The van der Waals surface area contributed by atoms with E-state index < -0.39 is 0 Å². The molecule has 0 aliphatic heterocycles. The molecule has 0 saturated heterocycles. The van der Waals surface area contributed by atoms with Crippen molar-refractivity contribution in [3.63, 3.8) is 0 Å². The van der Waals surface area contributed by atoms with Gasteiger partial charge in [-0.2, -0.15) is 4.98 Å². The molecule has 0 aliphatic rings. The lowest BCUT2D eigenvalue weighted by molar-refractivity contribution is 0.469. The van der Waals surface area contributed by atoms with Crippen LogP contribution in [0, 0.1) is 6.92 Å². The highest BCUT2D eigenvalue weighted by Gasteiger charge is 2.12. The Bertz CT molecular complexity index is 768. The lowest BCUT2D eigenvalue weighted by Gasteiger charge is -2.08. The number of benzene rings is 1. The first-order valence-electron chi connectivity index (χ1n) is 6.47. The summed E-state index contributed by atoms with van der Waals surface area (Å²) in [4.78, 5) is 12.2. The number of fused-ring (bicyclic) bond motifs is 1. The number of aryl methyl sites for hydroxylation is 1. The van der Waals surface area contributed by atoms with E-state index >= 15 is 0 Å². The van der Waals surface area contributed by atoms with Crippen molar-refractivity contribution >= 4 is 39.3 Å². The number of hydrogen-bond acceptors (Lipinski definition) is 6. The highest BCUT2D eigenvalue weighted by Crippen LogP contribution is 2.33. The Morgan fingerprint density at radius 1 is 1.19 bits per heavy atom. The van der Waals surface area contributed by atoms with Crippen LogP contribution in [0.3, 0.4) is 0 Å². The van der Waals surface area contributed by atoms with Crippen LogP contribution in [0.5, 0.6) is 11.6 Å². The Morgan fingerprint density at radius 2 is 1.95 bits per heavy atom. The van der Waals surface area contributed by atoms with Gasteiger partial charge in [0.15, 0.2) is 0 Å². The van der Waals surface area contributed by atoms with Gasteiger partial charge in [-0.15, -0.1) is 23.1 Å². The van der Waals surface area contributed by atoms with Crippen LogP contribution in [0.1, 0.15) is 4.88 Å². The Hall–Kier alpha value is -1.79. The molecule has 0 bridgehead atoms. The van der Waals surface area contributed by atoms with Gasteiger partial charge in [0.1, 0.15) is 10.6 Å². The third kappa shape index (κ3) is 2.96. The van der Waals surface area contributed by atoms with E-state index in [2.05, 4.69) is 34.5 Å². The molecule has 108 valence electrons. The van der Waals surface area contributed by atoms with Crippen LogP contribution >= 0.6 is 23.1 Å². The van der Waals surface area contributed by atoms with Gasteiger partial charge in [0, 0.05) is 16.8 Å². The van der Waals surface area contributed by atoms with Crippen LogP contribution in [0.15, 0.2) is 35.2 Å². The fourth-order valence-electron chi connectivity index (χ4n) is 1.96. The van der Waals surface area contributed by atoms with E-state index in [4.69, 9.17) is 4.74 Å². The van der Waals surface area contributed by atoms with Crippen molar-refractivity contribution in [3.05, 3.63) is 35.2 Å². The molecule has 3 rings (SSSR count). The van der Waals surface area contributed by atoms with Crippen molar-refractivity contribution in [3.8, 4) is 11.6 Å². The van der Waals surface area contributed by atoms with Crippen molar-refractivity contribution in [2.24, 2.45) is 0 Å². The quantitative estimate of drug-likeness (QED) is 0.715. The molecule has 0 unspecified atom stereocenters. The van der Waals surface area contributed by atoms with Gasteiger partial charge in [-0.1, -0.05) is 0 Å². The summed E-state index contributed by atoms with van der Waals surface area (Å²) >= 11 is 3.34. The normalized spacial score (nSPS) is 10.8. The fourth-order valence-corrected chi connectivity index (χ4v) is 3.24. The second-order valence-electron chi connectivity index (χ2n) is 4.46. The van der Waals surface area contributed by atoms with Crippen LogP contribution in [0.4, 0.5) is 5.95 Å². The molecule has 0 aliphatic carbocycles. The molecule has 0 fully saturated rings. The first-order chi connectivity index (χ1) is 10.2. The Kier molecular flexibility index (Phi) is 3.98. The number of thiophene rings is 1. The number of thioether (sulfide) groups is 1. The number of ether oxygens (including phenoxy) is 1. The Labute approximate surface area is 131 Å². The van der Waals surface area contributed by atoms with Crippen LogP contribution in [0.2, 0.25) is 0 Å². The van der Waals surface area contributed by atoms with Gasteiger partial charge < -0.3 is 10.1 Å². The van der Waals surface area contributed by atoms with Crippen molar-refractivity contribution in [1.82, 2.24) is 9.97 Å². The SMILES string of the molecule is CNc1nc(Oc2ccc(SC)cc2)c2cc(C)sc2n1. The van der Waals surface area contributed by atoms with E-state index in [1.165, 1.54) is 9.77 Å². The van der Waals surface area contributed by atoms with Crippen molar-refractivity contribution in [2.45, 2.75) is 11.8 Å². The second kappa shape index (κ2) is 5.91. The minimum Gasteiger partial charge on any atom is -0.438 e. The summed E-state index contributed by atoms with van der Waals surface area (Å²) in [6.07, 6.45) is 2.05. The minimum absolute atomic E-state index is 0.570. The molecule has 4 nitrogen and oxygen atoms in total. The topological polar surface area (TPSA) is 47.0 Å². The summed E-state index contributed by atoms with van der Waals surface area (Å²) in [7, 11) is 1.80.